The molecule has 0 fully saturated rings. The number of guanidine groups is 1. The maximum absolute atomic E-state index is 11.0. The number of ether oxygens (including phenoxy) is 1. The van der Waals surface area contributed by atoms with Gasteiger partial charge in [0.15, 0.2) is 5.96 Å². The van der Waals surface area contributed by atoms with Crippen LogP contribution in [0.1, 0.15) is 38.3 Å². The van der Waals surface area contributed by atoms with Gasteiger partial charge in [-0.25, -0.2) is 4.99 Å². The molecule has 0 aliphatic heterocycles. The number of halogens is 1. The SMILES string of the molecule is CCNC(=NCc1ccnn1C)NCCCCCC(=O)OC.I. The Morgan fingerprint density at radius 1 is 1.35 bits per heavy atom. The maximum Gasteiger partial charge on any atom is 0.305 e. The average Bonchev–Trinajstić information content (AvgIpc) is 2.93. The average molecular weight is 437 g/mol. The van der Waals surface area contributed by atoms with Crippen LogP contribution >= 0.6 is 24.0 Å². The van der Waals surface area contributed by atoms with Crippen LogP contribution in [0.3, 0.4) is 0 Å². The summed E-state index contributed by atoms with van der Waals surface area (Å²) >= 11 is 0. The van der Waals surface area contributed by atoms with Gasteiger partial charge in [-0.2, -0.15) is 5.10 Å². The van der Waals surface area contributed by atoms with Crippen LogP contribution < -0.4 is 10.6 Å². The third-order valence-corrected chi connectivity index (χ3v) is 3.24. The van der Waals surface area contributed by atoms with Crippen LogP contribution in [0.4, 0.5) is 0 Å². The summed E-state index contributed by atoms with van der Waals surface area (Å²) in [7, 11) is 3.33. The van der Waals surface area contributed by atoms with Crippen molar-refractivity contribution in [2.45, 2.75) is 39.2 Å². The number of hydrogen-bond acceptors (Lipinski definition) is 4. The van der Waals surface area contributed by atoms with Crippen molar-refractivity contribution in [3.63, 3.8) is 0 Å². The van der Waals surface area contributed by atoms with Gasteiger partial charge in [-0.05, 0) is 25.8 Å². The molecule has 0 aromatic carbocycles. The molecule has 0 bridgehead atoms. The molecule has 0 saturated carbocycles. The lowest BCUT2D eigenvalue weighted by Gasteiger charge is -2.11. The van der Waals surface area contributed by atoms with Crippen molar-refractivity contribution < 1.29 is 9.53 Å². The van der Waals surface area contributed by atoms with Gasteiger partial charge in [0.2, 0.25) is 0 Å². The van der Waals surface area contributed by atoms with Crippen molar-refractivity contribution in [1.82, 2.24) is 20.4 Å². The fourth-order valence-corrected chi connectivity index (χ4v) is 1.94. The Morgan fingerprint density at radius 2 is 2.13 bits per heavy atom. The predicted molar refractivity (Wildman–Crippen MR) is 102 cm³/mol. The number of rotatable bonds is 9. The van der Waals surface area contributed by atoms with Crippen molar-refractivity contribution in [2.24, 2.45) is 12.0 Å². The number of nitrogens with zero attached hydrogens (tertiary/aromatic N) is 3. The Hall–Kier alpha value is -1.32. The van der Waals surface area contributed by atoms with Crippen molar-refractivity contribution in [3.8, 4) is 0 Å². The molecule has 2 N–H and O–H groups in total. The van der Waals surface area contributed by atoms with E-state index < -0.39 is 0 Å². The molecule has 0 unspecified atom stereocenters. The van der Waals surface area contributed by atoms with E-state index in [-0.39, 0.29) is 29.9 Å². The Balaban J connectivity index is 0.00000484. The first-order chi connectivity index (χ1) is 10.7. The number of unbranched alkanes of at least 4 members (excludes halogenated alkanes) is 2. The third-order valence-electron chi connectivity index (χ3n) is 3.24. The number of carbonyl (C=O) groups excluding carboxylic acids is 1. The zero-order valence-electron chi connectivity index (χ0n) is 14.2. The zero-order valence-corrected chi connectivity index (χ0v) is 16.5. The summed E-state index contributed by atoms with van der Waals surface area (Å²) < 4.78 is 6.43. The summed E-state index contributed by atoms with van der Waals surface area (Å²) in [6, 6.07) is 1.96. The molecule has 0 aliphatic rings. The summed E-state index contributed by atoms with van der Waals surface area (Å²) in [5.41, 5.74) is 1.07. The van der Waals surface area contributed by atoms with Gasteiger partial charge in [0.05, 0.1) is 19.3 Å². The van der Waals surface area contributed by atoms with E-state index in [0.29, 0.717) is 13.0 Å². The summed E-state index contributed by atoms with van der Waals surface area (Å²) in [4.78, 5) is 15.5. The first-order valence-electron chi connectivity index (χ1n) is 7.73. The lowest BCUT2D eigenvalue weighted by molar-refractivity contribution is -0.140. The molecule has 0 saturated heterocycles. The number of carbonyl (C=O) groups is 1. The Kier molecular flexibility index (Phi) is 12.4. The van der Waals surface area contributed by atoms with Crippen LogP contribution in [0.5, 0.6) is 0 Å². The van der Waals surface area contributed by atoms with Gasteiger partial charge in [0.25, 0.3) is 0 Å². The Labute approximate surface area is 155 Å². The molecule has 7 nitrogen and oxygen atoms in total. The molecule has 0 atom stereocenters. The maximum atomic E-state index is 11.0. The van der Waals surface area contributed by atoms with Crippen molar-refractivity contribution in [2.75, 3.05) is 20.2 Å². The van der Waals surface area contributed by atoms with Crippen molar-refractivity contribution >= 4 is 35.9 Å². The normalized spacial score (nSPS) is 10.8. The summed E-state index contributed by atoms with van der Waals surface area (Å²) in [5.74, 6) is 0.663. The van der Waals surface area contributed by atoms with Crippen LogP contribution in [-0.4, -0.2) is 41.9 Å². The minimum atomic E-state index is -0.140. The molecule has 1 heterocycles. The highest BCUT2D eigenvalue weighted by Crippen LogP contribution is 2.00. The fraction of sp³-hybridized carbons (Fsp3) is 0.667. The highest BCUT2D eigenvalue weighted by atomic mass is 127. The predicted octanol–water partition coefficient (Wildman–Crippen LogP) is 1.83. The van der Waals surface area contributed by atoms with Gasteiger partial charge in [0, 0.05) is 32.8 Å². The van der Waals surface area contributed by atoms with Crippen LogP contribution in [-0.2, 0) is 23.1 Å². The number of esters is 1. The molecule has 132 valence electrons. The number of aromatic nitrogens is 2. The van der Waals surface area contributed by atoms with Crippen LogP contribution in [0.2, 0.25) is 0 Å². The van der Waals surface area contributed by atoms with Gasteiger partial charge in [-0.3, -0.25) is 9.48 Å². The molecule has 0 spiro atoms. The molecule has 0 amide bonds. The first kappa shape index (κ1) is 21.7. The molecular formula is C15H28IN5O2. The molecule has 1 aromatic rings. The number of methoxy groups -OCH3 is 1. The van der Waals surface area contributed by atoms with Crippen LogP contribution in [0.15, 0.2) is 17.3 Å². The van der Waals surface area contributed by atoms with Gasteiger partial charge in [-0.1, -0.05) is 6.42 Å². The first-order valence-corrected chi connectivity index (χ1v) is 7.73. The second-order valence-electron chi connectivity index (χ2n) is 4.95. The highest BCUT2D eigenvalue weighted by molar-refractivity contribution is 14.0. The largest absolute Gasteiger partial charge is 0.469 e. The minimum Gasteiger partial charge on any atom is -0.469 e. The van der Waals surface area contributed by atoms with E-state index in [1.54, 1.807) is 6.20 Å². The van der Waals surface area contributed by atoms with Crippen molar-refractivity contribution in [3.05, 3.63) is 18.0 Å². The van der Waals surface area contributed by atoms with E-state index in [1.165, 1.54) is 7.11 Å². The fourth-order valence-electron chi connectivity index (χ4n) is 1.94. The van der Waals surface area contributed by atoms with Gasteiger partial charge >= 0.3 is 5.97 Å². The molecule has 0 radical (unpaired) electrons. The molecular weight excluding hydrogens is 409 g/mol. The van der Waals surface area contributed by atoms with Crippen LogP contribution in [0, 0.1) is 0 Å². The third kappa shape index (κ3) is 9.42. The van der Waals surface area contributed by atoms with E-state index in [9.17, 15) is 4.79 Å². The summed E-state index contributed by atoms with van der Waals surface area (Å²) in [5, 5.41) is 10.6. The molecule has 1 aromatic heterocycles. The second kappa shape index (κ2) is 13.1. The summed E-state index contributed by atoms with van der Waals surface area (Å²) in [6.07, 6.45) is 5.10. The second-order valence-corrected chi connectivity index (χ2v) is 4.95. The van der Waals surface area contributed by atoms with E-state index in [0.717, 1.165) is 44.0 Å². The highest BCUT2D eigenvalue weighted by Gasteiger charge is 2.01. The van der Waals surface area contributed by atoms with E-state index in [1.807, 2.05) is 24.7 Å². The van der Waals surface area contributed by atoms with Gasteiger partial charge in [0.1, 0.15) is 0 Å². The lowest BCUT2D eigenvalue weighted by Crippen LogP contribution is -2.37. The summed E-state index contributed by atoms with van der Waals surface area (Å²) in [6.45, 7) is 4.28. The monoisotopic (exact) mass is 437 g/mol. The van der Waals surface area contributed by atoms with Gasteiger partial charge < -0.3 is 15.4 Å². The molecule has 1 rings (SSSR count). The lowest BCUT2D eigenvalue weighted by atomic mass is 10.2. The molecule has 0 aliphatic carbocycles. The van der Waals surface area contributed by atoms with E-state index >= 15 is 0 Å². The van der Waals surface area contributed by atoms with E-state index in [2.05, 4.69) is 25.5 Å². The zero-order chi connectivity index (χ0) is 16.2. The number of hydrogen-bond donors (Lipinski definition) is 2. The quantitative estimate of drug-likeness (QED) is 0.203. The van der Waals surface area contributed by atoms with Crippen molar-refractivity contribution in [1.29, 1.82) is 0 Å². The standard InChI is InChI=1S/C15H27N5O2.HI/c1-4-16-15(18-12-13-9-11-19-20(13)2)17-10-7-5-6-8-14(21)22-3;/h9,11H,4-8,10,12H2,1-3H3,(H2,16,17,18);1H. The number of aliphatic imine (C=N–C) groups is 1. The van der Waals surface area contributed by atoms with Crippen LogP contribution in [0.25, 0.3) is 0 Å². The number of nitrogens with one attached hydrogen (secondary N) is 2. The molecule has 8 heteroatoms. The molecule has 23 heavy (non-hydrogen) atoms. The van der Waals surface area contributed by atoms with Gasteiger partial charge in [-0.15, -0.1) is 24.0 Å². The topological polar surface area (TPSA) is 80.5 Å². The number of aryl methyl sites for hydroxylation is 1. The Bertz CT molecular complexity index is 476. The smallest absolute Gasteiger partial charge is 0.305 e. The minimum absolute atomic E-state index is 0. The van der Waals surface area contributed by atoms with E-state index in [4.69, 9.17) is 0 Å². The Morgan fingerprint density at radius 3 is 2.74 bits per heavy atom.